The van der Waals surface area contributed by atoms with E-state index in [0.29, 0.717) is 34.4 Å². The van der Waals surface area contributed by atoms with Gasteiger partial charge < -0.3 is 4.42 Å². The third kappa shape index (κ3) is 3.39. The molecule has 3 aromatic rings. The van der Waals surface area contributed by atoms with Gasteiger partial charge >= 0.3 is 5.63 Å². The summed E-state index contributed by atoms with van der Waals surface area (Å²) >= 11 is 0. The maximum Gasteiger partial charge on any atom is 0.354 e. The molecule has 0 bridgehead atoms. The minimum Gasteiger partial charge on any atom is -0.422 e. The van der Waals surface area contributed by atoms with Crippen LogP contribution >= 0.6 is 0 Å². The predicted molar refractivity (Wildman–Crippen MR) is 112 cm³/mol. The normalized spacial score (nSPS) is 13.7. The zero-order valence-electron chi connectivity index (χ0n) is 16.0. The summed E-state index contributed by atoms with van der Waals surface area (Å²) in [6.07, 6.45) is 4.25. The van der Waals surface area contributed by atoms with Crippen molar-refractivity contribution in [3.63, 3.8) is 0 Å². The Labute approximate surface area is 173 Å². The third-order valence-electron chi connectivity index (χ3n) is 5.18. The topological polar surface area (TPSA) is 102 Å². The summed E-state index contributed by atoms with van der Waals surface area (Å²) in [7, 11) is 0. The highest BCUT2D eigenvalue weighted by Gasteiger charge is 2.25. The Morgan fingerprint density at radius 1 is 0.833 bits per heavy atom. The molecule has 4 rings (SSSR count). The van der Waals surface area contributed by atoms with Crippen LogP contribution in [0.2, 0.25) is 0 Å². The number of nitrogens with zero attached hydrogens (tertiary/aromatic N) is 3. The molecule has 1 aliphatic rings. The van der Waals surface area contributed by atoms with Crippen molar-refractivity contribution in [3.05, 3.63) is 92.5 Å². The van der Waals surface area contributed by atoms with Gasteiger partial charge in [-0.3, -0.25) is 0 Å². The first kappa shape index (κ1) is 18.9. The fourth-order valence-electron chi connectivity index (χ4n) is 3.76. The summed E-state index contributed by atoms with van der Waals surface area (Å²) in [4.78, 5) is 12.6. The number of benzene rings is 2. The van der Waals surface area contributed by atoms with Gasteiger partial charge in [0.25, 0.3) is 0 Å². The Balaban J connectivity index is 1.90. The van der Waals surface area contributed by atoms with Gasteiger partial charge in [0.1, 0.15) is 17.4 Å². The van der Waals surface area contributed by atoms with E-state index in [9.17, 15) is 10.1 Å². The smallest absolute Gasteiger partial charge is 0.354 e. The summed E-state index contributed by atoms with van der Waals surface area (Å²) < 4.78 is 5.61. The molecule has 0 amide bonds. The second-order valence-corrected chi connectivity index (χ2v) is 7.01. The van der Waals surface area contributed by atoms with Crippen LogP contribution in [0.1, 0.15) is 46.4 Å². The molecule has 2 aromatic carbocycles. The van der Waals surface area contributed by atoms with E-state index in [1.165, 1.54) is 0 Å². The number of nitriles is 3. The standard InChI is InChI=1S/C25H15N3O2/c26-13-17-6-4-16(5-7-17)12-20-2-1-3-21-23(19-10-8-18(14-27)9-11-19)22(15-28)25(29)30-24(20)21/h4-12H,1-3H2/b20-12+. The maximum atomic E-state index is 12.6. The van der Waals surface area contributed by atoms with Gasteiger partial charge in [0.05, 0.1) is 23.3 Å². The van der Waals surface area contributed by atoms with Crippen LogP contribution in [0.3, 0.4) is 0 Å². The van der Waals surface area contributed by atoms with Gasteiger partial charge in [-0.05, 0) is 66.3 Å². The average Bonchev–Trinajstić information content (AvgIpc) is 2.79. The van der Waals surface area contributed by atoms with Crippen LogP contribution in [0.15, 0.2) is 57.7 Å². The van der Waals surface area contributed by atoms with Gasteiger partial charge in [-0.2, -0.15) is 15.8 Å². The number of allylic oxidation sites excluding steroid dienone is 1. The minimum atomic E-state index is -0.664. The average molecular weight is 389 g/mol. The van der Waals surface area contributed by atoms with E-state index in [4.69, 9.17) is 14.9 Å². The summed E-state index contributed by atoms with van der Waals surface area (Å²) in [6.45, 7) is 0. The van der Waals surface area contributed by atoms with Crippen molar-refractivity contribution in [2.24, 2.45) is 0 Å². The molecule has 0 saturated carbocycles. The highest BCUT2D eigenvalue weighted by atomic mass is 16.4. The fourth-order valence-corrected chi connectivity index (χ4v) is 3.76. The number of fused-ring (bicyclic) bond motifs is 1. The van der Waals surface area contributed by atoms with Crippen molar-refractivity contribution in [2.45, 2.75) is 19.3 Å². The van der Waals surface area contributed by atoms with Crippen molar-refractivity contribution < 1.29 is 4.42 Å². The molecule has 0 fully saturated rings. The Bertz CT molecular complexity index is 1340. The van der Waals surface area contributed by atoms with Crippen LogP contribution in [0.4, 0.5) is 0 Å². The Kier molecular flexibility index (Phi) is 5.00. The van der Waals surface area contributed by atoms with Crippen LogP contribution in [-0.2, 0) is 6.42 Å². The molecule has 0 spiro atoms. The summed E-state index contributed by atoms with van der Waals surface area (Å²) in [5.74, 6) is 0.508. The van der Waals surface area contributed by atoms with Crippen LogP contribution in [0.25, 0.3) is 22.8 Å². The Morgan fingerprint density at radius 3 is 2.07 bits per heavy atom. The minimum absolute atomic E-state index is 0.0157. The van der Waals surface area contributed by atoms with E-state index in [1.807, 2.05) is 24.3 Å². The number of rotatable bonds is 2. The quantitative estimate of drug-likeness (QED) is 0.626. The van der Waals surface area contributed by atoms with E-state index in [1.54, 1.807) is 36.4 Å². The molecule has 1 aromatic heterocycles. The summed E-state index contributed by atoms with van der Waals surface area (Å²) in [6, 6.07) is 20.2. The predicted octanol–water partition coefficient (Wildman–Crippen LogP) is 4.80. The fraction of sp³-hybridized carbons (Fsp3) is 0.120. The molecule has 0 N–H and O–H groups in total. The van der Waals surface area contributed by atoms with E-state index < -0.39 is 5.63 Å². The Hall–Kier alpha value is -4.40. The molecule has 5 nitrogen and oxygen atoms in total. The van der Waals surface area contributed by atoms with Crippen molar-refractivity contribution in [3.8, 4) is 29.3 Å². The molecule has 0 radical (unpaired) electrons. The number of hydrogen-bond acceptors (Lipinski definition) is 5. The molecule has 5 heteroatoms. The SMILES string of the molecule is N#Cc1ccc(/C=C2\CCCc3c2oc(=O)c(C#N)c3-c2ccc(C#N)cc2)cc1. The monoisotopic (exact) mass is 389 g/mol. The zero-order valence-corrected chi connectivity index (χ0v) is 16.0. The van der Waals surface area contributed by atoms with Gasteiger partial charge in [0.15, 0.2) is 0 Å². The lowest BCUT2D eigenvalue weighted by molar-refractivity contribution is 0.479. The molecule has 0 saturated heterocycles. The van der Waals surface area contributed by atoms with Gasteiger partial charge in [-0.25, -0.2) is 4.79 Å². The molecule has 1 heterocycles. The lowest BCUT2D eigenvalue weighted by atomic mass is 9.85. The van der Waals surface area contributed by atoms with Crippen LogP contribution in [0.5, 0.6) is 0 Å². The van der Waals surface area contributed by atoms with Crippen molar-refractivity contribution in [2.75, 3.05) is 0 Å². The lowest BCUT2D eigenvalue weighted by Crippen LogP contribution is -2.15. The molecule has 0 unspecified atom stereocenters. The van der Waals surface area contributed by atoms with E-state index in [-0.39, 0.29) is 5.56 Å². The molecule has 1 aliphatic carbocycles. The molecule has 0 aliphatic heterocycles. The maximum absolute atomic E-state index is 12.6. The van der Waals surface area contributed by atoms with Gasteiger partial charge in [-0.1, -0.05) is 24.3 Å². The van der Waals surface area contributed by atoms with Gasteiger partial charge in [0.2, 0.25) is 0 Å². The first-order chi connectivity index (χ1) is 14.6. The highest BCUT2D eigenvalue weighted by Crippen LogP contribution is 2.38. The molecule has 0 atom stereocenters. The number of hydrogen-bond donors (Lipinski definition) is 0. The molecular weight excluding hydrogens is 374 g/mol. The molecule has 30 heavy (non-hydrogen) atoms. The van der Waals surface area contributed by atoms with Gasteiger partial charge in [-0.15, -0.1) is 0 Å². The first-order valence-electron chi connectivity index (χ1n) is 9.46. The van der Waals surface area contributed by atoms with Crippen LogP contribution in [0, 0.1) is 34.0 Å². The summed E-state index contributed by atoms with van der Waals surface area (Å²) in [5.41, 5.74) is 4.34. The van der Waals surface area contributed by atoms with E-state index >= 15 is 0 Å². The lowest BCUT2D eigenvalue weighted by Gasteiger charge is -2.21. The van der Waals surface area contributed by atoms with E-state index in [0.717, 1.165) is 29.5 Å². The second kappa shape index (κ2) is 7.92. The van der Waals surface area contributed by atoms with Crippen LogP contribution in [-0.4, -0.2) is 0 Å². The largest absolute Gasteiger partial charge is 0.422 e. The second-order valence-electron chi connectivity index (χ2n) is 7.01. The van der Waals surface area contributed by atoms with Crippen molar-refractivity contribution in [1.29, 1.82) is 15.8 Å². The van der Waals surface area contributed by atoms with Crippen LogP contribution < -0.4 is 5.63 Å². The Morgan fingerprint density at radius 2 is 1.47 bits per heavy atom. The van der Waals surface area contributed by atoms with Crippen molar-refractivity contribution >= 4 is 11.6 Å². The highest BCUT2D eigenvalue weighted by molar-refractivity contribution is 5.86. The molecular formula is C25H15N3O2. The van der Waals surface area contributed by atoms with E-state index in [2.05, 4.69) is 12.1 Å². The first-order valence-corrected chi connectivity index (χ1v) is 9.46. The third-order valence-corrected chi connectivity index (χ3v) is 5.18. The van der Waals surface area contributed by atoms with Crippen molar-refractivity contribution in [1.82, 2.24) is 0 Å². The molecule has 142 valence electrons. The zero-order chi connectivity index (χ0) is 21.1. The summed E-state index contributed by atoms with van der Waals surface area (Å²) in [5, 5.41) is 27.6. The van der Waals surface area contributed by atoms with Gasteiger partial charge in [0, 0.05) is 11.1 Å².